The van der Waals surface area contributed by atoms with Crippen molar-refractivity contribution in [3.8, 4) is 0 Å². The summed E-state index contributed by atoms with van der Waals surface area (Å²) in [7, 11) is 0. The Morgan fingerprint density at radius 2 is 1.90 bits per heavy atom. The number of piperidine rings is 1. The van der Waals surface area contributed by atoms with Gasteiger partial charge in [0, 0.05) is 44.0 Å². The van der Waals surface area contributed by atoms with Gasteiger partial charge in [0.05, 0.1) is 25.0 Å². The van der Waals surface area contributed by atoms with Crippen LogP contribution >= 0.6 is 0 Å². The van der Waals surface area contributed by atoms with Crippen molar-refractivity contribution in [2.45, 2.75) is 25.3 Å². The van der Waals surface area contributed by atoms with Gasteiger partial charge in [0.25, 0.3) is 0 Å². The third-order valence-corrected chi connectivity index (χ3v) is 5.84. The number of carbonyl (C=O) groups excluding carboxylic acids is 2. The summed E-state index contributed by atoms with van der Waals surface area (Å²) in [5.74, 6) is 0.938. The molecule has 0 aliphatic carbocycles. The van der Waals surface area contributed by atoms with E-state index in [4.69, 9.17) is 9.57 Å². The lowest BCUT2D eigenvalue weighted by atomic mass is 9.95. The molecule has 0 saturated carbocycles. The number of amides is 2. The fourth-order valence-corrected chi connectivity index (χ4v) is 4.19. The van der Waals surface area contributed by atoms with Gasteiger partial charge >= 0.3 is 6.09 Å². The summed E-state index contributed by atoms with van der Waals surface area (Å²) < 4.78 is 4.99. The first kappa shape index (κ1) is 19.6. The number of cyclic esters (lactones) is 1. The van der Waals surface area contributed by atoms with Crippen LogP contribution in [0.3, 0.4) is 0 Å². The van der Waals surface area contributed by atoms with Crippen LogP contribution in [0.15, 0.2) is 30.9 Å². The van der Waals surface area contributed by atoms with Crippen LogP contribution in [-0.4, -0.2) is 69.8 Å². The lowest BCUT2D eigenvalue weighted by molar-refractivity contribution is -0.182. The lowest BCUT2D eigenvalue weighted by Gasteiger charge is -2.34. The minimum atomic E-state index is -0.391. The van der Waals surface area contributed by atoms with Gasteiger partial charge in [-0.2, -0.15) is 4.98 Å². The quantitative estimate of drug-likeness (QED) is 0.716. The second-order valence-electron chi connectivity index (χ2n) is 7.67. The van der Waals surface area contributed by atoms with Crippen LogP contribution in [0.5, 0.6) is 0 Å². The number of aromatic nitrogens is 4. The van der Waals surface area contributed by atoms with E-state index in [2.05, 4.69) is 19.9 Å². The van der Waals surface area contributed by atoms with E-state index in [0.717, 1.165) is 5.69 Å². The number of nitrogens with zero attached hydrogens (tertiary/aromatic N) is 7. The number of rotatable bonds is 4. The Labute approximate surface area is 179 Å². The summed E-state index contributed by atoms with van der Waals surface area (Å²) in [6, 6.07) is 1.50. The van der Waals surface area contributed by atoms with Gasteiger partial charge in [-0.15, -0.1) is 0 Å². The minimum Gasteiger partial charge on any atom is -0.447 e. The third kappa shape index (κ3) is 3.88. The molecule has 11 nitrogen and oxygen atoms in total. The molecule has 0 aromatic carbocycles. The van der Waals surface area contributed by atoms with Crippen LogP contribution < -0.4 is 9.80 Å². The molecule has 0 N–H and O–H groups in total. The Balaban J connectivity index is 1.22. The molecule has 31 heavy (non-hydrogen) atoms. The SMILES string of the molecule is O=C1OCCN1c1ccnc(N2CCC(C(=O)N3OCC[C@H]3c3cnccn3)CC2)n1. The summed E-state index contributed by atoms with van der Waals surface area (Å²) in [5.41, 5.74) is 0.747. The maximum atomic E-state index is 13.1. The zero-order valence-electron chi connectivity index (χ0n) is 17.0. The molecular formula is C20H23N7O4. The highest BCUT2D eigenvalue weighted by Gasteiger charge is 2.38. The monoisotopic (exact) mass is 425 g/mol. The number of hydroxylamine groups is 2. The molecule has 162 valence electrons. The zero-order valence-corrected chi connectivity index (χ0v) is 17.0. The highest BCUT2D eigenvalue weighted by atomic mass is 16.7. The van der Waals surface area contributed by atoms with E-state index in [1.807, 2.05) is 4.90 Å². The number of hydrogen-bond donors (Lipinski definition) is 0. The summed E-state index contributed by atoms with van der Waals surface area (Å²) in [4.78, 5) is 51.5. The van der Waals surface area contributed by atoms with Gasteiger partial charge in [0.2, 0.25) is 11.9 Å². The van der Waals surface area contributed by atoms with E-state index >= 15 is 0 Å². The summed E-state index contributed by atoms with van der Waals surface area (Å²) >= 11 is 0. The van der Waals surface area contributed by atoms with Crippen molar-refractivity contribution in [2.24, 2.45) is 5.92 Å². The maximum Gasteiger partial charge on any atom is 0.415 e. The van der Waals surface area contributed by atoms with E-state index in [1.54, 1.807) is 30.9 Å². The number of anilines is 2. The molecule has 0 spiro atoms. The molecule has 5 heterocycles. The van der Waals surface area contributed by atoms with Crippen LogP contribution in [0.1, 0.15) is 31.0 Å². The van der Waals surface area contributed by atoms with Gasteiger partial charge in [-0.25, -0.2) is 14.8 Å². The predicted molar refractivity (Wildman–Crippen MR) is 108 cm³/mol. The highest BCUT2D eigenvalue weighted by molar-refractivity contribution is 5.88. The molecule has 0 bridgehead atoms. The van der Waals surface area contributed by atoms with Gasteiger partial charge in [-0.3, -0.25) is 24.5 Å². The van der Waals surface area contributed by atoms with Crippen molar-refractivity contribution in [3.05, 3.63) is 36.5 Å². The van der Waals surface area contributed by atoms with E-state index < -0.39 is 6.09 Å². The molecular weight excluding hydrogens is 402 g/mol. The fraction of sp³-hybridized carbons (Fsp3) is 0.500. The van der Waals surface area contributed by atoms with Crippen molar-refractivity contribution < 1.29 is 19.2 Å². The highest BCUT2D eigenvalue weighted by Crippen LogP contribution is 2.32. The van der Waals surface area contributed by atoms with Crippen molar-refractivity contribution in [2.75, 3.05) is 42.6 Å². The van der Waals surface area contributed by atoms with E-state index in [-0.39, 0.29) is 17.9 Å². The third-order valence-electron chi connectivity index (χ3n) is 5.84. The molecule has 5 rings (SSSR count). The molecule has 2 amide bonds. The van der Waals surface area contributed by atoms with Gasteiger partial charge in [0.1, 0.15) is 18.5 Å². The second-order valence-corrected chi connectivity index (χ2v) is 7.67. The predicted octanol–water partition coefficient (Wildman–Crippen LogP) is 1.34. The first-order valence-corrected chi connectivity index (χ1v) is 10.4. The van der Waals surface area contributed by atoms with E-state index in [9.17, 15) is 9.59 Å². The van der Waals surface area contributed by atoms with E-state index in [0.29, 0.717) is 63.9 Å². The smallest absolute Gasteiger partial charge is 0.415 e. The Bertz CT molecular complexity index is 952. The number of carbonyl (C=O) groups is 2. The molecule has 3 aliphatic rings. The molecule has 0 unspecified atom stereocenters. The minimum absolute atomic E-state index is 0.0118. The molecule has 3 aliphatic heterocycles. The Morgan fingerprint density at radius 1 is 1.03 bits per heavy atom. The summed E-state index contributed by atoms with van der Waals surface area (Å²) in [6.45, 7) is 2.63. The van der Waals surface area contributed by atoms with Crippen molar-refractivity contribution in [1.82, 2.24) is 25.0 Å². The average Bonchev–Trinajstić information content (AvgIpc) is 3.49. The van der Waals surface area contributed by atoms with Gasteiger partial charge in [0.15, 0.2) is 0 Å². The van der Waals surface area contributed by atoms with Crippen LogP contribution in [0, 0.1) is 5.92 Å². The molecule has 2 aromatic rings. The Kier molecular flexibility index (Phi) is 5.33. The summed E-state index contributed by atoms with van der Waals surface area (Å²) in [6.07, 6.45) is 8.24. The van der Waals surface area contributed by atoms with Crippen LogP contribution in [-0.2, 0) is 14.4 Å². The molecule has 0 radical (unpaired) electrons. The fourth-order valence-electron chi connectivity index (χ4n) is 4.19. The van der Waals surface area contributed by atoms with Crippen molar-refractivity contribution >= 4 is 23.8 Å². The van der Waals surface area contributed by atoms with Gasteiger partial charge < -0.3 is 9.64 Å². The normalized spacial score (nSPS) is 22.1. The van der Waals surface area contributed by atoms with Crippen LogP contribution in [0.2, 0.25) is 0 Å². The Hall–Kier alpha value is -3.34. The molecule has 11 heteroatoms. The van der Waals surface area contributed by atoms with E-state index in [1.165, 1.54) is 9.96 Å². The molecule has 2 aromatic heterocycles. The largest absolute Gasteiger partial charge is 0.447 e. The second kappa shape index (κ2) is 8.42. The molecule has 1 atom stereocenters. The lowest BCUT2D eigenvalue weighted by Crippen LogP contribution is -2.42. The Morgan fingerprint density at radius 3 is 2.65 bits per heavy atom. The molecule has 3 fully saturated rings. The number of hydrogen-bond acceptors (Lipinski definition) is 9. The average molecular weight is 425 g/mol. The number of ether oxygens (including phenoxy) is 1. The van der Waals surface area contributed by atoms with Gasteiger partial charge in [-0.1, -0.05) is 0 Å². The van der Waals surface area contributed by atoms with Crippen LogP contribution in [0.25, 0.3) is 0 Å². The topological polar surface area (TPSA) is 114 Å². The first-order chi connectivity index (χ1) is 15.2. The zero-order chi connectivity index (χ0) is 21.2. The molecule has 3 saturated heterocycles. The first-order valence-electron chi connectivity index (χ1n) is 10.4. The van der Waals surface area contributed by atoms with Crippen LogP contribution in [0.4, 0.5) is 16.6 Å². The van der Waals surface area contributed by atoms with Crippen molar-refractivity contribution in [3.63, 3.8) is 0 Å². The standard InChI is InChI=1S/C20H23N7O4/c28-18(27-16(4-11-31-27)15-13-21-6-7-22-15)14-2-8-25(9-3-14)19-23-5-1-17(24-19)26-10-12-30-20(26)29/h1,5-7,13-14,16H,2-4,8-12H2/t16-/m0/s1. The van der Waals surface area contributed by atoms with Gasteiger partial charge in [-0.05, 0) is 18.9 Å². The summed E-state index contributed by atoms with van der Waals surface area (Å²) in [5, 5.41) is 1.49. The maximum absolute atomic E-state index is 13.1. The van der Waals surface area contributed by atoms with Crippen molar-refractivity contribution in [1.29, 1.82) is 0 Å².